The summed E-state index contributed by atoms with van der Waals surface area (Å²) in [5.41, 5.74) is 0. The summed E-state index contributed by atoms with van der Waals surface area (Å²) in [5.74, 6) is -0.205. The highest BCUT2D eigenvalue weighted by Crippen LogP contribution is 2.23. The van der Waals surface area contributed by atoms with E-state index in [1.807, 2.05) is 6.92 Å². The third-order valence-electron chi connectivity index (χ3n) is 7.65. The highest BCUT2D eigenvalue weighted by atomic mass is 16.7. The van der Waals surface area contributed by atoms with Gasteiger partial charge >= 0.3 is 0 Å². The van der Waals surface area contributed by atoms with Gasteiger partial charge in [0.05, 0.1) is 13.2 Å². The van der Waals surface area contributed by atoms with Crippen LogP contribution in [0.25, 0.3) is 0 Å². The Kier molecular flexibility index (Phi) is 18.1. The lowest BCUT2D eigenvalue weighted by atomic mass is 9.99. The molecular weight excluding hydrogens is 588 g/mol. The van der Waals surface area contributed by atoms with Gasteiger partial charge in [-0.3, -0.25) is 9.59 Å². The van der Waals surface area contributed by atoms with E-state index >= 15 is 0 Å². The fourth-order valence-corrected chi connectivity index (χ4v) is 4.90. The summed E-state index contributed by atoms with van der Waals surface area (Å²) in [7, 11) is 0. The molecule has 16 nitrogen and oxygen atoms in total. The molecule has 2 heterocycles. The van der Waals surface area contributed by atoms with Crippen molar-refractivity contribution in [2.45, 2.75) is 132 Å². The van der Waals surface area contributed by atoms with Crippen LogP contribution in [0, 0.1) is 0 Å². The van der Waals surface area contributed by atoms with Crippen molar-refractivity contribution in [3.05, 3.63) is 0 Å². The molecule has 0 aromatic heterocycles. The van der Waals surface area contributed by atoms with Crippen LogP contribution in [0.2, 0.25) is 0 Å². The minimum Gasteiger partial charge on any atom is -0.394 e. The van der Waals surface area contributed by atoms with Crippen molar-refractivity contribution in [2.75, 3.05) is 33.0 Å². The lowest BCUT2D eigenvalue weighted by Crippen LogP contribution is -2.59. The van der Waals surface area contributed by atoms with E-state index in [4.69, 9.17) is 18.9 Å². The maximum atomic E-state index is 12.2. The van der Waals surface area contributed by atoms with Crippen LogP contribution in [0.5, 0.6) is 0 Å². The maximum Gasteiger partial charge on any atom is 0.220 e. The molecule has 0 aromatic rings. The van der Waals surface area contributed by atoms with Crippen LogP contribution in [0.3, 0.4) is 0 Å². The van der Waals surface area contributed by atoms with Gasteiger partial charge < -0.3 is 70.4 Å². The zero-order valence-corrected chi connectivity index (χ0v) is 25.3. The van der Waals surface area contributed by atoms with Crippen molar-refractivity contribution in [2.24, 2.45) is 0 Å². The number of carbonyl (C=O) groups excluding carboxylic acids is 2. The van der Waals surface area contributed by atoms with Crippen molar-refractivity contribution in [1.82, 2.24) is 10.6 Å². The number of hydrogen-bond acceptors (Lipinski definition) is 14. The Labute approximate surface area is 257 Å². The van der Waals surface area contributed by atoms with Gasteiger partial charge in [-0.2, -0.15) is 0 Å². The lowest BCUT2D eigenvalue weighted by molar-refractivity contribution is -0.301. The Hall–Kier alpha value is -1.54. The van der Waals surface area contributed by atoms with E-state index in [0.717, 1.165) is 19.3 Å². The Bertz CT molecular complexity index is 821. The Morgan fingerprint density at radius 3 is 1.61 bits per heavy atom. The van der Waals surface area contributed by atoms with E-state index in [9.17, 15) is 50.4 Å². The van der Waals surface area contributed by atoms with Crippen LogP contribution in [0.1, 0.15) is 64.7 Å². The third-order valence-corrected chi connectivity index (χ3v) is 7.65. The van der Waals surface area contributed by atoms with Gasteiger partial charge in [-0.25, -0.2) is 0 Å². The predicted molar refractivity (Wildman–Crippen MR) is 152 cm³/mol. The second-order valence-corrected chi connectivity index (χ2v) is 11.4. The number of hydrogen-bond donors (Lipinski definition) is 10. The maximum absolute atomic E-state index is 12.2. The fraction of sp³-hybridized carbons (Fsp3) is 0.929. The largest absolute Gasteiger partial charge is 0.394 e. The number of carbonyl (C=O) groups is 2. The highest BCUT2D eigenvalue weighted by molar-refractivity contribution is 5.76. The summed E-state index contributed by atoms with van der Waals surface area (Å²) in [6, 6.07) is -0.0349. The quantitative estimate of drug-likeness (QED) is 0.0587. The molecule has 2 rings (SSSR count). The van der Waals surface area contributed by atoms with Gasteiger partial charge in [0, 0.05) is 38.6 Å². The number of amides is 2. The van der Waals surface area contributed by atoms with Crippen LogP contribution >= 0.6 is 0 Å². The molecule has 0 aromatic carbocycles. The second kappa shape index (κ2) is 20.6. The van der Waals surface area contributed by atoms with Crippen molar-refractivity contribution >= 4 is 11.8 Å². The van der Waals surface area contributed by atoms with Gasteiger partial charge in [-0.1, -0.05) is 0 Å². The van der Waals surface area contributed by atoms with Crippen LogP contribution in [0.15, 0.2) is 0 Å². The van der Waals surface area contributed by atoms with Gasteiger partial charge in [-0.15, -0.1) is 0 Å². The van der Waals surface area contributed by atoms with E-state index in [1.54, 1.807) is 0 Å². The topological polar surface area (TPSA) is 257 Å². The van der Waals surface area contributed by atoms with Gasteiger partial charge in [0.15, 0.2) is 12.6 Å². The Morgan fingerprint density at radius 1 is 0.659 bits per heavy atom. The summed E-state index contributed by atoms with van der Waals surface area (Å²) < 4.78 is 21.4. The predicted octanol–water partition coefficient (Wildman–Crippen LogP) is -3.25. The molecule has 44 heavy (non-hydrogen) atoms. The van der Waals surface area contributed by atoms with E-state index in [1.165, 1.54) is 0 Å². The molecule has 258 valence electrons. The summed E-state index contributed by atoms with van der Waals surface area (Å²) in [6.07, 6.45) is -8.26. The molecule has 10 unspecified atom stereocenters. The summed E-state index contributed by atoms with van der Waals surface area (Å²) in [5, 5.41) is 83.2. The molecular formula is C28H52N2O14. The first kappa shape index (κ1) is 38.6. The SMILES string of the molecule is C[C@H](CCCCNC(=O)CCCCOC1OC(CO)C(O)C(O)C1O)NC(=O)CCCCOC1OC(CO)C(O)C(O)C1O. The molecule has 0 aliphatic carbocycles. The first-order chi connectivity index (χ1) is 21.0. The van der Waals surface area contributed by atoms with E-state index in [0.29, 0.717) is 32.2 Å². The second-order valence-electron chi connectivity index (χ2n) is 11.4. The van der Waals surface area contributed by atoms with Crippen molar-refractivity contribution < 1.29 is 69.4 Å². The molecule has 2 fully saturated rings. The lowest BCUT2D eigenvalue weighted by Gasteiger charge is -2.39. The molecule has 2 aliphatic rings. The first-order valence-electron chi connectivity index (χ1n) is 15.4. The molecule has 0 saturated carbocycles. The Balaban J connectivity index is 1.44. The molecule has 0 spiro atoms. The van der Waals surface area contributed by atoms with Crippen LogP contribution in [-0.2, 0) is 28.5 Å². The third kappa shape index (κ3) is 12.7. The van der Waals surface area contributed by atoms with Crippen molar-refractivity contribution in [3.63, 3.8) is 0 Å². The van der Waals surface area contributed by atoms with Gasteiger partial charge in [0.25, 0.3) is 0 Å². The number of nitrogens with one attached hydrogen (secondary N) is 2. The van der Waals surface area contributed by atoms with Gasteiger partial charge in [0.1, 0.15) is 48.8 Å². The van der Waals surface area contributed by atoms with E-state index < -0.39 is 74.6 Å². The summed E-state index contributed by atoms with van der Waals surface area (Å²) in [6.45, 7) is 1.68. The van der Waals surface area contributed by atoms with Crippen molar-refractivity contribution in [3.8, 4) is 0 Å². The van der Waals surface area contributed by atoms with Crippen molar-refractivity contribution in [1.29, 1.82) is 0 Å². The number of rotatable bonds is 20. The molecule has 0 radical (unpaired) electrons. The minimum absolute atomic E-state index is 0.0349. The normalized spacial score (nSPS) is 33.1. The number of unbranched alkanes of at least 4 members (excludes halogenated alkanes) is 3. The van der Waals surface area contributed by atoms with Crippen LogP contribution in [0.4, 0.5) is 0 Å². The zero-order valence-electron chi connectivity index (χ0n) is 25.3. The van der Waals surface area contributed by atoms with E-state index in [2.05, 4.69) is 10.6 Å². The number of ether oxygens (including phenoxy) is 4. The molecule has 16 heteroatoms. The monoisotopic (exact) mass is 640 g/mol. The smallest absolute Gasteiger partial charge is 0.220 e. The van der Waals surface area contributed by atoms with Crippen LogP contribution < -0.4 is 10.6 Å². The van der Waals surface area contributed by atoms with Gasteiger partial charge in [-0.05, 0) is 51.9 Å². The highest BCUT2D eigenvalue weighted by Gasteiger charge is 2.45. The van der Waals surface area contributed by atoms with E-state index in [-0.39, 0.29) is 43.9 Å². The number of aliphatic hydroxyl groups is 8. The molecule has 10 N–H and O–H groups in total. The average molecular weight is 641 g/mol. The summed E-state index contributed by atoms with van der Waals surface area (Å²) in [4.78, 5) is 24.2. The Morgan fingerprint density at radius 2 is 1.14 bits per heavy atom. The first-order valence-corrected chi connectivity index (χ1v) is 15.4. The molecule has 0 bridgehead atoms. The fourth-order valence-electron chi connectivity index (χ4n) is 4.90. The molecule has 2 aliphatic heterocycles. The molecule has 2 amide bonds. The standard InChI is InChI=1S/C28H52N2O14/c1-16(30-20(34)10-4-7-13-42-28-26(40)24(38)22(36)18(15-32)44-28)8-2-5-11-29-19(33)9-3-6-12-41-27-25(39)23(37)21(35)17(14-31)43-27/h16-18,21-28,31-32,35-40H,2-15H2,1H3,(H,29,33)(H,30,34)/t16-,17?,18?,21?,22?,23?,24?,25?,26?,27?,28?/m1/s1. The average Bonchev–Trinajstić information content (AvgIpc) is 3.00. The van der Waals surface area contributed by atoms with Gasteiger partial charge in [0.2, 0.25) is 11.8 Å². The molecule has 11 atom stereocenters. The summed E-state index contributed by atoms with van der Waals surface area (Å²) >= 11 is 0. The molecule has 2 saturated heterocycles. The minimum atomic E-state index is -1.50. The number of aliphatic hydroxyl groups excluding tert-OH is 8. The van der Waals surface area contributed by atoms with Crippen LogP contribution in [-0.4, -0.2) is 153 Å². The zero-order chi connectivity index (χ0) is 32.6.